The molecule has 7 heteroatoms. The van der Waals surface area contributed by atoms with E-state index in [4.69, 9.17) is 5.73 Å². The second-order valence-electron chi connectivity index (χ2n) is 4.11. The van der Waals surface area contributed by atoms with Gasteiger partial charge in [-0.25, -0.2) is 13.2 Å². The van der Waals surface area contributed by atoms with Gasteiger partial charge in [-0.1, -0.05) is 17.7 Å². The fraction of sp³-hybridized carbons (Fsp3) is 0.364. The molecule has 18 heavy (non-hydrogen) atoms. The molecule has 0 radical (unpaired) electrons. The van der Waals surface area contributed by atoms with E-state index >= 15 is 0 Å². The van der Waals surface area contributed by atoms with Gasteiger partial charge in [-0.3, -0.25) is 0 Å². The van der Waals surface area contributed by atoms with Crippen LogP contribution in [0.4, 0.5) is 0 Å². The first-order valence-electron chi connectivity index (χ1n) is 5.17. The van der Waals surface area contributed by atoms with Gasteiger partial charge < -0.3 is 10.5 Å². The highest BCUT2D eigenvalue weighted by Crippen LogP contribution is 2.12. The number of benzene rings is 1. The van der Waals surface area contributed by atoms with Crippen molar-refractivity contribution in [3.05, 3.63) is 29.8 Å². The maximum atomic E-state index is 12.0. The minimum atomic E-state index is -3.87. The Bertz CT molecular complexity index is 535. The molecular formula is C11H16N2O4S. The maximum Gasteiger partial charge on any atom is 0.341 e. The Hall–Kier alpha value is -1.44. The van der Waals surface area contributed by atoms with E-state index in [1.54, 1.807) is 12.1 Å². The Labute approximate surface area is 106 Å². The van der Waals surface area contributed by atoms with Crippen molar-refractivity contribution in [1.29, 1.82) is 0 Å². The number of esters is 1. The number of ether oxygens (including phenoxy) is 1. The molecule has 0 aliphatic rings. The number of rotatable bonds is 4. The summed E-state index contributed by atoms with van der Waals surface area (Å²) in [7, 11) is -2.73. The lowest BCUT2D eigenvalue weighted by Crippen LogP contribution is -2.59. The molecule has 0 aliphatic heterocycles. The number of sulfonamides is 1. The number of hydrogen-bond acceptors (Lipinski definition) is 5. The summed E-state index contributed by atoms with van der Waals surface area (Å²) in [4.78, 5) is 11.4. The Kier molecular flexibility index (Phi) is 4.10. The van der Waals surface area contributed by atoms with Gasteiger partial charge in [0.15, 0.2) is 5.66 Å². The van der Waals surface area contributed by atoms with Crippen LogP contribution >= 0.6 is 0 Å². The van der Waals surface area contributed by atoms with Crippen LogP contribution < -0.4 is 10.5 Å². The SMILES string of the molecule is COC(=O)C(C)(N)NS(=O)(=O)c1ccc(C)cc1. The summed E-state index contributed by atoms with van der Waals surface area (Å²) in [5, 5.41) is 0. The highest BCUT2D eigenvalue weighted by Gasteiger charge is 2.34. The van der Waals surface area contributed by atoms with Gasteiger partial charge in [-0.05, 0) is 26.0 Å². The van der Waals surface area contributed by atoms with E-state index in [2.05, 4.69) is 9.46 Å². The van der Waals surface area contributed by atoms with Crippen molar-refractivity contribution in [2.75, 3.05) is 7.11 Å². The molecule has 1 rings (SSSR count). The van der Waals surface area contributed by atoms with E-state index in [9.17, 15) is 13.2 Å². The molecule has 100 valence electrons. The molecule has 1 atom stereocenters. The number of nitrogens with one attached hydrogen (secondary N) is 1. The van der Waals surface area contributed by atoms with Gasteiger partial charge in [0.25, 0.3) is 0 Å². The average molecular weight is 272 g/mol. The third-order valence-corrected chi connectivity index (χ3v) is 3.87. The summed E-state index contributed by atoms with van der Waals surface area (Å²) < 4.78 is 30.5. The molecule has 6 nitrogen and oxygen atoms in total. The van der Waals surface area contributed by atoms with Crippen molar-refractivity contribution in [3.63, 3.8) is 0 Å². The summed E-state index contributed by atoms with van der Waals surface area (Å²) in [6, 6.07) is 6.18. The topological polar surface area (TPSA) is 98.5 Å². The zero-order chi connectivity index (χ0) is 14.0. The molecule has 1 aromatic carbocycles. The molecule has 3 N–H and O–H groups in total. The van der Waals surface area contributed by atoms with Gasteiger partial charge in [0.05, 0.1) is 12.0 Å². The van der Waals surface area contributed by atoms with Crippen molar-refractivity contribution in [1.82, 2.24) is 4.72 Å². The predicted molar refractivity (Wildman–Crippen MR) is 66.1 cm³/mol. The number of carbonyl (C=O) groups is 1. The minimum Gasteiger partial charge on any atom is -0.467 e. The molecule has 0 fully saturated rings. The lowest BCUT2D eigenvalue weighted by atomic mass is 10.2. The van der Waals surface area contributed by atoms with E-state index in [0.29, 0.717) is 0 Å². The zero-order valence-corrected chi connectivity index (χ0v) is 11.2. The number of aryl methyl sites for hydroxylation is 1. The van der Waals surface area contributed by atoms with Gasteiger partial charge >= 0.3 is 5.97 Å². The van der Waals surface area contributed by atoms with Gasteiger partial charge in [0.1, 0.15) is 0 Å². The zero-order valence-electron chi connectivity index (χ0n) is 10.4. The van der Waals surface area contributed by atoms with Crippen LogP contribution in [0.3, 0.4) is 0 Å². The maximum absolute atomic E-state index is 12.0. The van der Waals surface area contributed by atoms with E-state index in [1.807, 2.05) is 6.92 Å². The molecule has 0 saturated heterocycles. The van der Waals surface area contributed by atoms with Gasteiger partial charge in [-0.15, -0.1) is 0 Å². The van der Waals surface area contributed by atoms with Crippen molar-refractivity contribution in [2.24, 2.45) is 5.73 Å². The molecule has 0 heterocycles. The second-order valence-corrected chi connectivity index (χ2v) is 5.79. The number of hydrogen-bond donors (Lipinski definition) is 2. The van der Waals surface area contributed by atoms with Crippen molar-refractivity contribution in [3.8, 4) is 0 Å². The Morgan fingerprint density at radius 1 is 1.33 bits per heavy atom. The number of methoxy groups -OCH3 is 1. The summed E-state index contributed by atoms with van der Waals surface area (Å²) in [6.45, 7) is 3.07. The van der Waals surface area contributed by atoms with Crippen molar-refractivity contribution in [2.45, 2.75) is 24.4 Å². The van der Waals surface area contributed by atoms with Gasteiger partial charge in [0, 0.05) is 0 Å². The van der Waals surface area contributed by atoms with Crippen LogP contribution in [0.25, 0.3) is 0 Å². The molecule has 0 aromatic heterocycles. The highest BCUT2D eigenvalue weighted by molar-refractivity contribution is 7.89. The lowest BCUT2D eigenvalue weighted by Gasteiger charge is -2.22. The first-order valence-corrected chi connectivity index (χ1v) is 6.65. The Morgan fingerprint density at radius 3 is 2.28 bits per heavy atom. The fourth-order valence-electron chi connectivity index (χ4n) is 1.31. The third kappa shape index (κ3) is 3.28. The van der Waals surface area contributed by atoms with Crippen LogP contribution in [0.1, 0.15) is 12.5 Å². The first kappa shape index (κ1) is 14.6. The average Bonchev–Trinajstić information content (AvgIpc) is 2.27. The van der Waals surface area contributed by atoms with Crippen LogP contribution in [-0.4, -0.2) is 27.2 Å². The largest absolute Gasteiger partial charge is 0.467 e. The molecule has 1 unspecified atom stereocenters. The molecule has 0 amide bonds. The quantitative estimate of drug-likeness (QED) is 0.599. The molecular weight excluding hydrogens is 256 g/mol. The summed E-state index contributed by atoms with van der Waals surface area (Å²) >= 11 is 0. The molecule has 0 saturated carbocycles. The molecule has 0 spiro atoms. The second kappa shape index (κ2) is 5.05. The highest BCUT2D eigenvalue weighted by atomic mass is 32.2. The normalized spacial score (nSPS) is 14.9. The standard InChI is InChI=1S/C11H16N2O4S/c1-8-4-6-9(7-5-8)18(15,16)13-11(2,12)10(14)17-3/h4-7,13H,12H2,1-3H3. The minimum absolute atomic E-state index is 0.0358. The Balaban J connectivity index is 3.02. The van der Waals surface area contributed by atoms with Crippen LogP contribution in [0, 0.1) is 6.92 Å². The van der Waals surface area contributed by atoms with Crippen LogP contribution in [-0.2, 0) is 19.6 Å². The van der Waals surface area contributed by atoms with Crippen LogP contribution in [0.2, 0.25) is 0 Å². The monoisotopic (exact) mass is 272 g/mol. The molecule has 0 bridgehead atoms. The van der Waals surface area contributed by atoms with E-state index in [1.165, 1.54) is 19.1 Å². The summed E-state index contributed by atoms with van der Waals surface area (Å²) in [6.07, 6.45) is 0. The number of nitrogens with two attached hydrogens (primary N) is 1. The van der Waals surface area contributed by atoms with E-state index in [-0.39, 0.29) is 4.90 Å². The van der Waals surface area contributed by atoms with Gasteiger partial charge in [0.2, 0.25) is 10.0 Å². The first-order chi connectivity index (χ1) is 8.19. The smallest absolute Gasteiger partial charge is 0.341 e. The number of carbonyl (C=O) groups excluding carboxylic acids is 1. The van der Waals surface area contributed by atoms with E-state index < -0.39 is 21.7 Å². The summed E-state index contributed by atoms with van der Waals surface area (Å²) in [5.74, 6) is -0.863. The van der Waals surface area contributed by atoms with E-state index in [0.717, 1.165) is 12.7 Å². The van der Waals surface area contributed by atoms with Crippen molar-refractivity contribution >= 4 is 16.0 Å². The predicted octanol–water partition coefficient (Wildman–Crippen LogP) is 0.121. The van der Waals surface area contributed by atoms with Crippen LogP contribution in [0.5, 0.6) is 0 Å². The summed E-state index contributed by atoms with van der Waals surface area (Å²) in [5.41, 5.74) is 4.68. The lowest BCUT2D eigenvalue weighted by molar-refractivity contribution is -0.146. The molecule has 0 aliphatic carbocycles. The van der Waals surface area contributed by atoms with Crippen LogP contribution in [0.15, 0.2) is 29.2 Å². The molecule has 1 aromatic rings. The van der Waals surface area contributed by atoms with Crippen molar-refractivity contribution < 1.29 is 17.9 Å². The fourth-order valence-corrected chi connectivity index (χ4v) is 2.56. The third-order valence-electron chi connectivity index (χ3n) is 2.29. The van der Waals surface area contributed by atoms with Gasteiger partial charge in [-0.2, -0.15) is 4.72 Å². The Morgan fingerprint density at radius 2 is 1.83 bits per heavy atom.